The molecule has 5 heteroatoms. The minimum atomic E-state index is -0.497. The van der Waals surface area contributed by atoms with Gasteiger partial charge in [0.15, 0.2) is 0 Å². The van der Waals surface area contributed by atoms with Crippen LogP contribution in [0.15, 0.2) is 24.3 Å². The van der Waals surface area contributed by atoms with Crippen LogP contribution in [0.25, 0.3) is 0 Å². The molecule has 0 saturated carbocycles. The molecule has 5 nitrogen and oxygen atoms in total. The van der Waals surface area contributed by atoms with E-state index < -0.39 is 6.10 Å². The van der Waals surface area contributed by atoms with Gasteiger partial charge in [0.1, 0.15) is 6.10 Å². The molecule has 0 spiro atoms. The number of ether oxygens (including phenoxy) is 2. The van der Waals surface area contributed by atoms with E-state index in [9.17, 15) is 4.79 Å². The van der Waals surface area contributed by atoms with E-state index in [1.54, 1.807) is 19.1 Å². The second kappa shape index (κ2) is 6.54. The zero-order valence-corrected chi connectivity index (χ0v) is 11.1. The molecule has 1 aliphatic heterocycles. The Balaban J connectivity index is 1.87. The van der Waals surface area contributed by atoms with Gasteiger partial charge in [-0.1, -0.05) is 12.1 Å². The summed E-state index contributed by atoms with van der Waals surface area (Å²) in [4.78, 5) is 12.0. The molecular formula is C14H20N2O3. The van der Waals surface area contributed by atoms with Crippen LogP contribution in [0.5, 0.6) is 0 Å². The summed E-state index contributed by atoms with van der Waals surface area (Å²) >= 11 is 0. The number of benzene rings is 1. The van der Waals surface area contributed by atoms with Gasteiger partial charge in [0.2, 0.25) is 0 Å². The topological polar surface area (TPSA) is 73.6 Å². The van der Waals surface area contributed by atoms with Crippen molar-refractivity contribution < 1.29 is 14.3 Å². The van der Waals surface area contributed by atoms with Crippen LogP contribution < -0.4 is 11.1 Å². The van der Waals surface area contributed by atoms with Crippen molar-refractivity contribution in [1.29, 1.82) is 0 Å². The quantitative estimate of drug-likeness (QED) is 0.813. The molecule has 1 heterocycles. The average Bonchev–Trinajstić information content (AvgIpc) is 2.42. The number of nitrogens with two attached hydrogens (primary N) is 1. The Kier molecular flexibility index (Phi) is 4.76. The van der Waals surface area contributed by atoms with E-state index in [1.807, 2.05) is 12.1 Å². The van der Waals surface area contributed by atoms with Crippen LogP contribution in [-0.2, 0) is 14.3 Å². The van der Waals surface area contributed by atoms with E-state index in [2.05, 4.69) is 5.32 Å². The van der Waals surface area contributed by atoms with Crippen LogP contribution in [0.4, 0.5) is 11.4 Å². The molecule has 1 atom stereocenters. The predicted molar refractivity (Wildman–Crippen MR) is 73.9 cm³/mol. The number of hydrogen-bond acceptors (Lipinski definition) is 4. The molecule has 1 saturated heterocycles. The highest BCUT2D eigenvalue weighted by Crippen LogP contribution is 2.18. The van der Waals surface area contributed by atoms with Crippen molar-refractivity contribution in [2.45, 2.75) is 32.0 Å². The zero-order chi connectivity index (χ0) is 13.7. The fraction of sp³-hybridized carbons (Fsp3) is 0.500. The molecule has 1 unspecified atom stereocenters. The molecular weight excluding hydrogens is 244 g/mol. The molecule has 0 aromatic heterocycles. The van der Waals surface area contributed by atoms with E-state index >= 15 is 0 Å². The predicted octanol–water partition coefficient (Wildman–Crippen LogP) is 1.79. The van der Waals surface area contributed by atoms with Crippen molar-refractivity contribution in [1.82, 2.24) is 0 Å². The normalized spacial score (nSPS) is 17.9. The van der Waals surface area contributed by atoms with E-state index in [-0.39, 0.29) is 12.0 Å². The fourth-order valence-corrected chi connectivity index (χ4v) is 2.01. The first-order chi connectivity index (χ1) is 9.16. The first-order valence-electron chi connectivity index (χ1n) is 6.55. The monoisotopic (exact) mass is 264 g/mol. The summed E-state index contributed by atoms with van der Waals surface area (Å²) < 4.78 is 11.0. The summed E-state index contributed by atoms with van der Waals surface area (Å²) in [6, 6.07) is 7.18. The molecule has 19 heavy (non-hydrogen) atoms. The summed E-state index contributed by atoms with van der Waals surface area (Å²) in [6.45, 7) is 3.15. The third-order valence-corrected chi connectivity index (χ3v) is 3.15. The van der Waals surface area contributed by atoms with Gasteiger partial charge in [0.25, 0.3) is 5.91 Å². The van der Waals surface area contributed by atoms with Gasteiger partial charge in [-0.3, -0.25) is 4.79 Å². The molecule has 0 radical (unpaired) electrons. The Bertz CT molecular complexity index is 430. The lowest BCUT2D eigenvalue weighted by Crippen LogP contribution is -2.34. The number of anilines is 2. The maximum Gasteiger partial charge on any atom is 0.253 e. The van der Waals surface area contributed by atoms with Gasteiger partial charge in [-0.2, -0.15) is 0 Å². The largest absolute Gasteiger partial charge is 0.397 e. The average molecular weight is 264 g/mol. The third-order valence-electron chi connectivity index (χ3n) is 3.15. The summed E-state index contributed by atoms with van der Waals surface area (Å²) in [5.41, 5.74) is 6.95. The molecule has 0 bridgehead atoms. The highest BCUT2D eigenvalue weighted by Gasteiger charge is 2.21. The fourth-order valence-electron chi connectivity index (χ4n) is 2.01. The van der Waals surface area contributed by atoms with Gasteiger partial charge in [-0.15, -0.1) is 0 Å². The van der Waals surface area contributed by atoms with Crippen LogP contribution in [0, 0.1) is 0 Å². The molecule has 1 aliphatic rings. The maximum atomic E-state index is 12.0. The van der Waals surface area contributed by atoms with Crippen molar-refractivity contribution in [2.24, 2.45) is 0 Å². The molecule has 2 rings (SSSR count). The Morgan fingerprint density at radius 2 is 2.11 bits per heavy atom. The maximum absolute atomic E-state index is 12.0. The lowest BCUT2D eigenvalue weighted by molar-refractivity contribution is -0.133. The van der Waals surface area contributed by atoms with Gasteiger partial charge in [-0.25, -0.2) is 0 Å². The molecule has 104 valence electrons. The minimum Gasteiger partial charge on any atom is -0.397 e. The van der Waals surface area contributed by atoms with Crippen molar-refractivity contribution in [3.63, 3.8) is 0 Å². The summed E-state index contributed by atoms with van der Waals surface area (Å²) in [6.07, 6.45) is 1.28. The Labute approximate surface area is 113 Å². The van der Waals surface area contributed by atoms with E-state index in [4.69, 9.17) is 15.2 Å². The van der Waals surface area contributed by atoms with Gasteiger partial charge < -0.3 is 20.5 Å². The van der Waals surface area contributed by atoms with Gasteiger partial charge in [0.05, 0.1) is 17.5 Å². The number of hydrogen-bond donors (Lipinski definition) is 2. The molecule has 1 fully saturated rings. The number of para-hydroxylation sites is 2. The van der Waals surface area contributed by atoms with Crippen LogP contribution in [-0.4, -0.2) is 31.3 Å². The lowest BCUT2D eigenvalue weighted by Gasteiger charge is -2.25. The van der Waals surface area contributed by atoms with E-state index in [0.717, 1.165) is 12.8 Å². The second-order valence-corrected chi connectivity index (χ2v) is 4.67. The Morgan fingerprint density at radius 3 is 2.79 bits per heavy atom. The van der Waals surface area contributed by atoms with Gasteiger partial charge >= 0.3 is 0 Å². The van der Waals surface area contributed by atoms with Crippen LogP contribution in [0.3, 0.4) is 0 Å². The summed E-state index contributed by atoms with van der Waals surface area (Å²) in [7, 11) is 0. The lowest BCUT2D eigenvalue weighted by atomic mass is 10.1. The van der Waals surface area contributed by atoms with Crippen molar-refractivity contribution >= 4 is 17.3 Å². The van der Waals surface area contributed by atoms with Crippen molar-refractivity contribution in [3.05, 3.63) is 24.3 Å². The molecule has 0 aliphatic carbocycles. The van der Waals surface area contributed by atoms with Crippen molar-refractivity contribution in [3.8, 4) is 0 Å². The first kappa shape index (κ1) is 13.8. The van der Waals surface area contributed by atoms with E-state index in [0.29, 0.717) is 24.6 Å². The van der Waals surface area contributed by atoms with Crippen LogP contribution in [0.2, 0.25) is 0 Å². The molecule has 1 aromatic carbocycles. The number of rotatable bonds is 4. The number of carbonyl (C=O) groups excluding carboxylic acids is 1. The standard InChI is InChI=1S/C14H20N2O3/c1-10(19-11-6-8-18-9-7-11)14(17)16-13-5-3-2-4-12(13)15/h2-5,10-11H,6-9,15H2,1H3,(H,16,17). The number of nitrogen functional groups attached to an aromatic ring is 1. The molecule has 1 amide bonds. The number of nitrogens with one attached hydrogen (secondary N) is 1. The van der Waals surface area contributed by atoms with Crippen LogP contribution in [0.1, 0.15) is 19.8 Å². The van der Waals surface area contributed by atoms with Gasteiger partial charge in [-0.05, 0) is 31.9 Å². The summed E-state index contributed by atoms with van der Waals surface area (Å²) in [5, 5.41) is 2.78. The van der Waals surface area contributed by atoms with Crippen molar-refractivity contribution in [2.75, 3.05) is 24.3 Å². The van der Waals surface area contributed by atoms with E-state index in [1.165, 1.54) is 0 Å². The SMILES string of the molecule is CC(OC1CCOCC1)C(=O)Nc1ccccc1N. The number of carbonyl (C=O) groups is 1. The Morgan fingerprint density at radius 1 is 1.42 bits per heavy atom. The summed E-state index contributed by atoms with van der Waals surface area (Å²) in [5.74, 6) is -0.176. The third kappa shape index (κ3) is 3.94. The number of amides is 1. The van der Waals surface area contributed by atoms with Crippen LogP contribution >= 0.6 is 0 Å². The zero-order valence-electron chi connectivity index (χ0n) is 11.1. The highest BCUT2D eigenvalue weighted by molar-refractivity contribution is 5.96. The minimum absolute atomic E-state index is 0.0996. The van der Waals surface area contributed by atoms with Gasteiger partial charge in [0, 0.05) is 13.2 Å². The highest BCUT2D eigenvalue weighted by atomic mass is 16.5. The Hall–Kier alpha value is -1.59. The smallest absolute Gasteiger partial charge is 0.253 e. The molecule has 3 N–H and O–H groups in total. The molecule has 1 aromatic rings. The first-order valence-corrected chi connectivity index (χ1v) is 6.55. The second-order valence-electron chi connectivity index (χ2n) is 4.67.